The third-order valence-corrected chi connectivity index (χ3v) is 9.03. The van der Waals surface area contributed by atoms with Crippen molar-refractivity contribution in [1.82, 2.24) is 0 Å². The molecular weight excluding hydrogens is 560 g/mol. The minimum atomic E-state index is -0.890. The van der Waals surface area contributed by atoms with Crippen LogP contribution in [0.3, 0.4) is 0 Å². The zero-order valence-electron chi connectivity index (χ0n) is 24.9. The minimum Gasteiger partial charge on any atom is -0.493 e. The van der Waals surface area contributed by atoms with Crippen LogP contribution in [0.1, 0.15) is 38.0 Å². The second-order valence-corrected chi connectivity index (χ2v) is 11.8. The summed E-state index contributed by atoms with van der Waals surface area (Å²) in [5.41, 5.74) is 7.35. The summed E-state index contributed by atoms with van der Waals surface area (Å²) < 4.78 is 12.6. The predicted octanol–water partition coefficient (Wildman–Crippen LogP) is 9.67. The van der Waals surface area contributed by atoms with Crippen molar-refractivity contribution in [3.63, 3.8) is 0 Å². The summed E-state index contributed by atoms with van der Waals surface area (Å²) >= 11 is 0. The summed E-state index contributed by atoms with van der Waals surface area (Å²) in [6.07, 6.45) is 3.97. The highest BCUT2D eigenvalue weighted by molar-refractivity contribution is 5.76. The smallest absolute Gasteiger partial charge is 0.274 e. The molecule has 2 aliphatic heterocycles. The highest BCUT2D eigenvalue weighted by Crippen LogP contribution is 2.56. The summed E-state index contributed by atoms with van der Waals surface area (Å²) in [5.74, 6) is 0.841. The molecule has 0 bridgehead atoms. The topological polar surface area (TPSA) is 64.8 Å². The second kappa shape index (κ2) is 11.3. The summed E-state index contributed by atoms with van der Waals surface area (Å²) in [6, 6.07) is 39.1. The molecule has 5 aromatic rings. The first kappa shape index (κ1) is 29.7. The third-order valence-electron chi connectivity index (χ3n) is 9.03. The van der Waals surface area contributed by atoms with Crippen LogP contribution in [-0.4, -0.2) is 17.8 Å². The van der Waals surface area contributed by atoms with Gasteiger partial charge in [-0.15, -0.1) is 0 Å². The molecule has 6 nitrogen and oxygen atoms in total. The van der Waals surface area contributed by atoms with E-state index in [-0.39, 0.29) is 13.1 Å². The number of fused-ring (bicyclic) bond motifs is 2. The van der Waals surface area contributed by atoms with E-state index in [0.29, 0.717) is 23.6 Å². The van der Waals surface area contributed by atoms with Crippen molar-refractivity contribution in [3.05, 3.63) is 148 Å². The first-order chi connectivity index (χ1) is 21.3. The van der Waals surface area contributed by atoms with Gasteiger partial charge in [-0.3, -0.25) is 10.1 Å². The maximum Gasteiger partial charge on any atom is 0.274 e. The molecule has 7 rings (SSSR count). The number of hydrogen-bond donors (Lipinski definition) is 0. The number of nitro groups is 1. The average molecular weight is 597 g/mol. The molecule has 0 fully saturated rings. The molecule has 226 valence electrons. The molecule has 0 aliphatic carbocycles. The van der Waals surface area contributed by atoms with Gasteiger partial charge in [0.2, 0.25) is 5.72 Å². The SMILES string of the molecule is C.COc1cc([N+](=O)[O-])cc2c1OC1(C=C2)N(Cc2ccc(-c3ccc(-c4ccccc4)cc3)cc2)c2ccccc2C1(C)C. The van der Waals surface area contributed by atoms with Gasteiger partial charge in [-0.1, -0.05) is 104 Å². The van der Waals surface area contributed by atoms with Crippen molar-refractivity contribution in [2.24, 2.45) is 0 Å². The molecule has 0 aromatic heterocycles. The molecule has 0 N–H and O–H groups in total. The molecule has 0 saturated carbocycles. The van der Waals surface area contributed by atoms with Crippen molar-refractivity contribution in [2.45, 2.75) is 39.0 Å². The zero-order chi connectivity index (χ0) is 30.5. The van der Waals surface area contributed by atoms with E-state index in [9.17, 15) is 10.1 Å². The molecule has 1 spiro atoms. The van der Waals surface area contributed by atoms with Crippen molar-refractivity contribution in [3.8, 4) is 33.8 Å². The van der Waals surface area contributed by atoms with E-state index in [0.717, 1.165) is 22.4 Å². The number of non-ortho nitro benzene ring substituents is 1. The molecule has 6 heteroatoms. The van der Waals surface area contributed by atoms with Gasteiger partial charge in [0.05, 0.1) is 23.5 Å². The summed E-state index contributed by atoms with van der Waals surface area (Å²) in [4.78, 5) is 13.5. The molecule has 5 aromatic carbocycles. The van der Waals surface area contributed by atoms with Crippen LogP contribution in [0.5, 0.6) is 11.5 Å². The lowest BCUT2D eigenvalue weighted by molar-refractivity contribution is -0.385. The Balaban J connectivity index is 0.00000357. The average Bonchev–Trinajstić information content (AvgIpc) is 3.23. The van der Waals surface area contributed by atoms with E-state index in [1.807, 2.05) is 24.3 Å². The third kappa shape index (κ3) is 4.83. The maximum absolute atomic E-state index is 11.6. The Kier molecular flexibility index (Phi) is 7.45. The van der Waals surface area contributed by atoms with Gasteiger partial charge in [0, 0.05) is 23.9 Å². The molecular formula is C39H36N2O4. The Hall–Kier alpha value is -5.36. The summed E-state index contributed by atoms with van der Waals surface area (Å²) in [7, 11) is 1.51. The monoisotopic (exact) mass is 596 g/mol. The molecule has 45 heavy (non-hydrogen) atoms. The maximum atomic E-state index is 11.6. The first-order valence-corrected chi connectivity index (χ1v) is 14.7. The number of ether oxygens (including phenoxy) is 2. The fraction of sp³-hybridized carbons (Fsp3) is 0.179. The van der Waals surface area contributed by atoms with Crippen LogP contribution in [0.15, 0.2) is 121 Å². The quantitative estimate of drug-likeness (QED) is 0.144. The van der Waals surface area contributed by atoms with Crippen molar-refractivity contribution in [2.75, 3.05) is 12.0 Å². The number of nitrogens with zero attached hydrogens (tertiary/aromatic N) is 2. The van der Waals surface area contributed by atoms with Crippen LogP contribution in [0.2, 0.25) is 0 Å². The lowest BCUT2D eigenvalue weighted by Crippen LogP contribution is -2.59. The van der Waals surface area contributed by atoms with Crippen molar-refractivity contribution >= 4 is 17.5 Å². The van der Waals surface area contributed by atoms with Gasteiger partial charge in [0.1, 0.15) is 0 Å². The highest BCUT2D eigenvalue weighted by atomic mass is 16.6. The fourth-order valence-corrected chi connectivity index (χ4v) is 6.59. The van der Waals surface area contributed by atoms with Crippen molar-refractivity contribution < 1.29 is 14.4 Å². The van der Waals surface area contributed by atoms with Crippen LogP contribution < -0.4 is 14.4 Å². The second-order valence-electron chi connectivity index (χ2n) is 11.8. The highest BCUT2D eigenvalue weighted by Gasteiger charge is 2.59. The van der Waals surface area contributed by atoms with E-state index in [2.05, 4.69) is 110 Å². The van der Waals surface area contributed by atoms with Crippen LogP contribution >= 0.6 is 0 Å². The molecule has 0 saturated heterocycles. The van der Waals surface area contributed by atoms with E-state index in [1.165, 1.54) is 35.9 Å². The van der Waals surface area contributed by atoms with Gasteiger partial charge in [-0.05, 0) is 65.4 Å². The standard InChI is InChI=1S/C38H32N2O4.CH4/c1-37(2)33-11-7-8-12-34(33)39(38(37)22-21-31-23-32(40(41)42)24-35(43-3)36(31)44-38)25-26-13-15-28(16-14-26)30-19-17-29(18-20-30)27-9-5-4-6-10-27;/h4-24H,25H2,1-3H3;1H4. The van der Waals surface area contributed by atoms with Gasteiger partial charge in [0.25, 0.3) is 5.69 Å². The van der Waals surface area contributed by atoms with Gasteiger partial charge in [-0.2, -0.15) is 0 Å². The molecule has 1 atom stereocenters. The summed E-state index contributed by atoms with van der Waals surface area (Å²) in [5, 5.41) is 11.6. The number of rotatable bonds is 6. The Morgan fingerprint density at radius 1 is 0.800 bits per heavy atom. The van der Waals surface area contributed by atoms with Gasteiger partial charge < -0.3 is 14.4 Å². The minimum absolute atomic E-state index is 0. The van der Waals surface area contributed by atoms with Crippen LogP contribution in [-0.2, 0) is 12.0 Å². The zero-order valence-corrected chi connectivity index (χ0v) is 24.9. The number of methoxy groups -OCH3 is 1. The molecule has 0 radical (unpaired) electrons. The Bertz CT molecular complexity index is 1900. The van der Waals surface area contributed by atoms with Gasteiger partial charge >= 0.3 is 0 Å². The van der Waals surface area contributed by atoms with E-state index in [1.54, 1.807) is 0 Å². The first-order valence-electron chi connectivity index (χ1n) is 14.7. The van der Waals surface area contributed by atoms with Crippen LogP contribution in [0.4, 0.5) is 11.4 Å². The normalized spacial score (nSPS) is 17.2. The lowest BCUT2D eigenvalue weighted by atomic mass is 9.76. The van der Waals surface area contributed by atoms with Crippen molar-refractivity contribution in [1.29, 1.82) is 0 Å². The summed E-state index contributed by atoms with van der Waals surface area (Å²) in [6.45, 7) is 4.96. The van der Waals surface area contributed by atoms with Crippen LogP contribution in [0, 0.1) is 10.1 Å². The van der Waals surface area contributed by atoms with Gasteiger partial charge in [-0.25, -0.2) is 0 Å². The number of hydrogen-bond acceptors (Lipinski definition) is 5. The Morgan fingerprint density at radius 2 is 1.38 bits per heavy atom. The number of nitro benzene ring substituents is 1. The number of anilines is 1. The van der Waals surface area contributed by atoms with Crippen LogP contribution in [0.25, 0.3) is 28.3 Å². The number of benzene rings is 5. The molecule has 2 aliphatic rings. The van der Waals surface area contributed by atoms with E-state index < -0.39 is 16.1 Å². The lowest BCUT2D eigenvalue weighted by Gasteiger charge is -2.47. The molecule has 1 unspecified atom stereocenters. The van der Waals surface area contributed by atoms with Gasteiger partial charge in [0.15, 0.2) is 11.5 Å². The number of para-hydroxylation sites is 1. The largest absolute Gasteiger partial charge is 0.493 e. The molecule has 2 heterocycles. The Morgan fingerprint density at radius 3 is 2.00 bits per heavy atom. The van der Waals surface area contributed by atoms with E-state index in [4.69, 9.17) is 9.47 Å². The van der Waals surface area contributed by atoms with E-state index >= 15 is 0 Å². The fourth-order valence-electron chi connectivity index (χ4n) is 6.59. The predicted molar refractivity (Wildman–Crippen MR) is 182 cm³/mol. The molecule has 0 amide bonds. The Labute approximate surface area is 264 Å².